The van der Waals surface area contributed by atoms with Crippen molar-refractivity contribution in [3.8, 4) is 11.5 Å². The molecule has 0 unspecified atom stereocenters. The van der Waals surface area contributed by atoms with Gasteiger partial charge in [0.1, 0.15) is 5.69 Å². The molecule has 0 spiro atoms. The van der Waals surface area contributed by atoms with Crippen LogP contribution >= 0.6 is 0 Å². The molecule has 214 valence electrons. The van der Waals surface area contributed by atoms with Crippen LogP contribution in [0.1, 0.15) is 37.2 Å². The highest BCUT2D eigenvalue weighted by Crippen LogP contribution is 2.34. The first-order chi connectivity index (χ1) is 20.9. The lowest BCUT2D eigenvalue weighted by atomic mass is 9.92. The molecule has 0 aliphatic carbocycles. The molecule has 2 aromatic carbocycles. The van der Waals surface area contributed by atoms with Gasteiger partial charge < -0.3 is 20.4 Å². The maximum atomic E-state index is 5.84. The Hall–Kier alpha value is -5.08. The van der Waals surface area contributed by atoms with Crippen LogP contribution in [0.5, 0.6) is 0 Å². The van der Waals surface area contributed by atoms with Gasteiger partial charge in [0.15, 0.2) is 5.82 Å². The Bertz CT molecular complexity index is 2010. The van der Waals surface area contributed by atoms with Crippen molar-refractivity contribution >= 4 is 50.3 Å². The first-order valence-electron chi connectivity index (χ1n) is 14.6. The summed E-state index contributed by atoms with van der Waals surface area (Å²) >= 11 is 0. The number of nitrogens with one attached hydrogen (secondary N) is 3. The summed E-state index contributed by atoms with van der Waals surface area (Å²) in [6.07, 6.45) is 4.70. The van der Waals surface area contributed by atoms with E-state index in [1.54, 1.807) is 6.20 Å². The fourth-order valence-electron chi connectivity index (χ4n) is 5.69. The maximum absolute atomic E-state index is 5.84. The van der Waals surface area contributed by atoms with E-state index < -0.39 is 0 Å². The lowest BCUT2D eigenvalue weighted by molar-refractivity contribution is 0.0864. The van der Waals surface area contributed by atoms with Crippen LogP contribution in [0.3, 0.4) is 0 Å². The second-order valence-electron chi connectivity index (χ2n) is 11.2. The number of aryl methyl sites for hydroxylation is 2. The van der Waals surface area contributed by atoms with Gasteiger partial charge in [0.2, 0.25) is 0 Å². The molecule has 0 fully saturated rings. The van der Waals surface area contributed by atoms with Gasteiger partial charge in [-0.1, -0.05) is 6.07 Å². The molecular weight excluding hydrogens is 534 g/mol. The smallest absolute Gasteiger partial charge is 0.157 e. The maximum Gasteiger partial charge on any atom is 0.157 e. The van der Waals surface area contributed by atoms with Gasteiger partial charge in [0.25, 0.3) is 0 Å². The van der Waals surface area contributed by atoms with Gasteiger partial charge >= 0.3 is 0 Å². The number of imidazole rings is 1. The third kappa shape index (κ3) is 5.45. The van der Waals surface area contributed by atoms with Crippen LogP contribution in [0.15, 0.2) is 84.7 Å². The molecule has 0 amide bonds. The van der Waals surface area contributed by atoms with Crippen molar-refractivity contribution in [2.24, 2.45) is 0 Å². The first kappa shape index (κ1) is 26.8. The van der Waals surface area contributed by atoms with Crippen LogP contribution < -0.4 is 10.6 Å². The Morgan fingerprint density at radius 3 is 2.47 bits per heavy atom. The summed E-state index contributed by atoms with van der Waals surface area (Å²) in [5.74, 6) is 0.725. The predicted molar refractivity (Wildman–Crippen MR) is 174 cm³/mol. The molecule has 6 aromatic rings. The molecule has 1 atom stereocenters. The SMILES string of the molecule is CC1=C(c2ccc3nc(C)cc(Nc4ccc(-c5nc6ccc(Nc7ccnc(C)c7)cc6[nH]5)nc4)c3c2)CCO[C@H]1C. The number of hydrogen-bond donors (Lipinski definition) is 3. The summed E-state index contributed by atoms with van der Waals surface area (Å²) in [5.41, 5.74) is 13.2. The number of anilines is 4. The monoisotopic (exact) mass is 567 g/mol. The van der Waals surface area contributed by atoms with Gasteiger partial charge in [-0.3, -0.25) is 15.0 Å². The van der Waals surface area contributed by atoms with Crippen molar-refractivity contribution in [1.82, 2.24) is 24.9 Å². The molecule has 0 saturated carbocycles. The van der Waals surface area contributed by atoms with E-state index in [1.165, 1.54) is 16.7 Å². The molecule has 0 saturated heterocycles. The summed E-state index contributed by atoms with van der Waals surface area (Å²) in [4.78, 5) is 22.0. The first-order valence-corrected chi connectivity index (χ1v) is 14.6. The zero-order chi connectivity index (χ0) is 29.5. The van der Waals surface area contributed by atoms with E-state index in [-0.39, 0.29) is 6.10 Å². The van der Waals surface area contributed by atoms with Crippen LogP contribution in [-0.2, 0) is 4.74 Å². The highest BCUT2D eigenvalue weighted by Gasteiger charge is 2.18. The lowest BCUT2D eigenvalue weighted by Crippen LogP contribution is -2.18. The topological polar surface area (TPSA) is 101 Å². The fraction of sp³-hybridized carbons (Fsp3) is 0.200. The van der Waals surface area contributed by atoms with Crippen LogP contribution in [0.2, 0.25) is 0 Å². The van der Waals surface area contributed by atoms with Gasteiger partial charge in [-0.25, -0.2) is 4.98 Å². The Labute approximate surface area is 250 Å². The number of fused-ring (bicyclic) bond motifs is 2. The standard InChI is InChI=1S/C35H33N7O/c1-20-15-26(11-13-36-20)39-25-6-9-31-34(18-25)42-35(41-31)32-10-7-27(19-37-32)40-33-16-21(2)38-30-8-5-24(17-29(30)33)28-12-14-43-23(4)22(28)3/h5-11,13,15-19,23H,12,14H2,1-4H3,(H,36,39)(H,38,40)(H,41,42)/t23-/m0/s1. The van der Waals surface area contributed by atoms with Crippen molar-refractivity contribution in [2.45, 2.75) is 40.2 Å². The minimum atomic E-state index is 0.139. The second-order valence-corrected chi connectivity index (χ2v) is 11.2. The van der Waals surface area contributed by atoms with E-state index in [4.69, 9.17) is 19.7 Å². The molecule has 7 rings (SSSR count). The number of H-pyrrole nitrogens is 1. The van der Waals surface area contributed by atoms with E-state index >= 15 is 0 Å². The molecule has 8 nitrogen and oxygen atoms in total. The molecular formula is C35H33N7O. The molecule has 5 heterocycles. The molecule has 1 aliphatic heterocycles. The zero-order valence-electron chi connectivity index (χ0n) is 24.7. The number of hydrogen-bond acceptors (Lipinski definition) is 7. The van der Waals surface area contributed by atoms with Crippen LogP contribution in [0, 0.1) is 13.8 Å². The van der Waals surface area contributed by atoms with Crippen molar-refractivity contribution in [3.05, 3.63) is 102 Å². The van der Waals surface area contributed by atoms with Crippen LogP contribution in [-0.4, -0.2) is 37.6 Å². The number of aromatic nitrogens is 5. The predicted octanol–water partition coefficient (Wildman–Crippen LogP) is 8.25. The quantitative estimate of drug-likeness (QED) is 0.186. The van der Waals surface area contributed by atoms with Gasteiger partial charge in [0, 0.05) is 40.0 Å². The molecule has 4 aromatic heterocycles. The van der Waals surface area contributed by atoms with Gasteiger partial charge in [-0.15, -0.1) is 0 Å². The number of benzene rings is 2. The summed E-state index contributed by atoms with van der Waals surface area (Å²) in [5, 5.41) is 8.10. The van der Waals surface area contributed by atoms with E-state index in [1.807, 2.05) is 56.4 Å². The molecule has 43 heavy (non-hydrogen) atoms. The number of rotatable bonds is 6. The highest BCUT2D eigenvalue weighted by molar-refractivity contribution is 5.95. The number of pyridine rings is 3. The van der Waals surface area contributed by atoms with E-state index in [0.29, 0.717) is 0 Å². The fourth-order valence-corrected chi connectivity index (χ4v) is 5.69. The Balaban J connectivity index is 1.14. The van der Waals surface area contributed by atoms with Crippen molar-refractivity contribution in [1.29, 1.82) is 0 Å². The average Bonchev–Trinajstić information content (AvgIpc) is 3.42. The number of aromatic amines is 1. The van der Waals surface area contributed by atoms with Crippen LogP contribution in [0.25, 0.3) is 39.0 Å². The number of nitrogens with zero attached hydrogens (tertiary/aromatic N) is 4. The van der Waals surface area contributed by atoms with Gasteiger partial charge in [-0.2, -0.15) is 0 Å². The molecule has 0 radical (unpaired) electrons. The van der Waals surface area contributed by atoms with E-state index in [9.17, 15) is 0 Å². The summed E-state index contributed by atoms with van der Waals surface area (Å²) < 4.78 is 5.84. The second kappa shape index (κ2) is 11.0. The van der Waals surface area contributed by atoms with Crippen molar-refractivity contribution in [3.63, 3.8) is 0 Å². The van der Waals surface area contributed by atoms with Crippen molar-refractivity contribution in [2.75, 3.05) is 17.2 Å². The molecule has 3 N–H and O–H groups in total. The van der Waals surface area contributed by atoms with Crippen molar-refractivity contribution < 1.29 is 4.74 Å². The Morgan fingerprint density at radius 1 is 0.791 bits per heavy atom. The van der Waals surface area contributed by atoms with Crippen LogP contribution in [0.4, 0.5) is 22.7 Å². The minimum absolute atomic E-state index is 0.139. The molecule has 8 heteroatoms. The highest BCUT2D eigenvalue weighted by atomic mass is 16.5. The van der Waals surface area contributed by atoms with Gasteiger partial charge in [-0.05, 0) is 111 Å². The third-order valence-corrected chi connectivity index (χ3v) is 8.04. The Kier molecular flexibility index (Phi) is 6.83. The van der Waals surface area contributed by atoms with E-state index in [2.05, 4.69) is 64.8 Å². The number of ether oxygens (including phenoxy) is 1. The zero-order valence-corrected chi connectivity index (χ0v) is 24.7. The normalized spacial score (nSPS) is 15.3. The Morgan fingerprint density at radius 2 is 1.63 bits per heavy atom. The minimum Gasteiger partial charge on any atom is -0.374 e. The largest absolute Gasteiger partial charge is 0.374 e. The summed E-state index contributed by atoms with van der Waals surface area (Å²) in [7, 11) is 0. The van der Waals surface area contributed by atoms with E-state index in [0.717, 1.165) is 80.6 Å². The van der Waals surface area contributed by atoms with Gasteiger partial charge in [0.05, 0.1) is 41.1 Å². The average molecular weight is 568 g/mol. The lowest BCUT2D eigenvalue weighted by Gasteiger charge is -2.25. The molecule has 0 bridgehead atoms. The summed E-state index contributed by atoms with van der Waals surface area (Å²) in [6.45, 7) is 9.04. The summed E-state index contributed by atoms with van der Waals surface area (Å²) in [6, 6.07) is 22.7. The molecule has 1 aliphatic rings. The third-order valence-electron chi connectivity index (χ3n) is 8.04.